The first kappa shape index (κ1) is 14.2. The van der Waals surface area contributed by atoms with Gasteiger partial charge in [-0.1, -0.05) is 18.0 Å². The lowest BCUT2D eigenvalue weighted by atomic mass is 9.85. The number of hydrogen-bond donors (Lipinski definition) is 3. The fourth-order valence-electron chi connectivity index (χ4n) is 3.12. The normalized spacial score (nSPS) is 24.3. The van der Waals surface area contributed by atoms with Gasteiger partial charge in [0.1, 0.15) is 0 Å². The Morgan fingerprint density at radius 1 is 1.38 bits per heavy atom. The minimum absolute atomic E-state index is 0.0261. The maximum atomic E-state index is 11.4. The van der Waals surface area contributed by atoms with E-state index in [2.05, 4.69) is 10.6 Å². The molecular weight excluding hydrogens is 292 g/mol. The number of carboxylic acid groups (broad SMARTS) is 1. The molecular formula is C15H17ClN2O3. The minimum Gasteiger partial charge on any atom is -0.481 e. The fraction of sp³-hybridized carbons (Fsp3) is 0.467. The van der Waals surface area contributed by atoms with Crippen molar-refractivity contribution in [1.29, 1.82) is 0 Å². The highest BCUT2D eigenvalue weighted by Crippen LogP contribution is 2.35. The maximum Gasteiger partial charge on any atom is 0.306 e. The Labute approximate surface area is 127 Å². The van der Waals surface area contributed by atoms with Gasteiger partial charge in [-0.15, -0.1) is 0 Å². The van der Waals surface area contributed by atoms with Crippen LogP contribution in [0.4, 0.5) is 11.4 Å². The van der Waals surface area contributed by atoms with E-state index < -0.39 is 5.97 Å². The van der Waals surface area contributed by atoms with Crippen LogP contribution in [0.3, 0.4) is 0 Å². The molecule has 1 aliphatic heterocycles. The van der Waals surface area contributed by atoms with Crippen LogP contribution in [0, 0.1) is 5.92 Å². The van der Waals surface area contributed by atoms with E-state index in [1.165, 1.54) is 0 Å². The van der Waals surface area contributed by atoms with Crippen LogP contribution in [0.5, 0.6) is 0 Å². The van der Waals surface area contributed by atoms with Gasteiger partial charge in [0.15, 0.2) is 0 Å². The van der Waals surface area contributed by atoms with Crippen LogP contribution in [0.15, 0.2) is 12.1 Å². The number of fused-ring (bicyclic) bond motifs is 1. The van der Waals surface area contributed by atoms with E-state index in [-0.39, 0.29) is 17.9 Å². The Hall–Kier alpha value is -1.75. The number of hydrogen-bond acceptors (Lipinski definition) is 3. The van der Waals surface area contributed by atoms with Crippen LogP contribution in [-0.4, -0.2) is 23.0 Å². The van der Waals surface area contributed by atoms with Crippen molar-refractivity contribution in [3.8, 4) is 0 Å². The van der Waals surface area contributed by atoms with Crippen molar-refractivity contribution in [1.82, 2.24) is 0 Å². The zero-order valence-electron chi connectivity index (χ0n) is 11.5. The molecule has 21 heavy (non-hydrogen) atoms. The predicted molar refractivity (Wildman–Crippen MR) is 80.8 cm³/mol. The molecule has 1 aliphatic carbocycles. The zero-order valence-corrected chi connectivity index (χ0v) is 12.2. The number of benzene rings is 1. The van der Waals surface area contributed by atoms with Crippen molar-refractivity contribution in [3.63, 3.8) is 0 Å². The Morgan fingerprint density at radius 2 is 2.19 bits per heavy atom. The number of halogens is 1. The van der Waals surface area contributed by atoms with Gasteiger partial charge in [-0.3, -0.25) is 9.59 Å². The minimum atomic E-state index is -0.726. The van der Waals surface area contributed by atoms with E-state index in [1.807, 2.05) is 6.07 Å². The third kappa shape index (κ3) is 2.97. The Bertz CT molecular complexity index is 603. The highest BCUT2D eigenvalue weighted by Gasteiger charge is 2.28. The number of carboxylic acids is 1. The van der Waals surface area contributed by atoms with Crippen LogP contribution in [0.25, 0.3) is 0 Å². The number of nitrogens with one attached hydrogen (secondary N) is 2. The first-order chi connectivity index (χ1) is 10.0. The molecule has 1 amide bonds. The molecule has 1 aromatic carbocycles. The van der Waals surface area contributed by atoms with E-state index in [1.54, 1.807) is 6.07 Å². The average Bonchev–Trinajstić information content (AvgIpc) is 2.78. The predicted octanol–water partition coefficient (Wildman–Crippen LogP) is 2.89. The Balaban J connectivity index is 1.75. The molecule has 1 fully saturated rings. The number of carbonyl (C=O) groups is 2. The molecule has 1 saturated carbocycles. The van der Waals surface area contributed by atoms with Crippen LogP contribution < -0.4 is 10.6 Å². The van der Waals surface area contributed by atoms with Gasteiger partial charge in [-0.25, -0.2) is 0 Å². The van der Waals surface area contributed by atoms with E-state index in [9.17, 15) is 9.59 Å². The first-order valence-electron chi connectivity index (χ1n) is 7.14. The van der Waals surface area contributed by atoms with Crippen LogP contribution in [0.1, 0.15) is 31.2 Å². The smallest absolute Gasteiger partial charge is 0.306 e. The highest BCUT2D eigenvalue weighted by atomic mass is 35.5. The molecule has 0 saturated heterocycles. The number of amides is 1. The zero-order chi connectivity index (χ0) is 15.0. The third-order valence-electron chi connectivity index (χ3n) is 4.20. The molecule has 0 spiro atoms. The second kappa shape index (κ2) is 5.56. The number of carbonyl (C=O) groups excluding carboxylic acids is 1. The standard InChI is InChI=1S/C15H17ClN2O3/c16-11-7-12-9(6-14(19)18-12)5-13(11)17-10-3-1-2-8(4-10)15(20)21/h5,7-8,10,17H,1-4,6H2,(H,18,19)(H,20,21). The molecule has 5 nitrogen and oxygen atoms in total. The largest absolute Gasteiger partial charge is 0.481 e. The second-order valence-electron chi connectivity index (χ2n) is 5.76. The molecule has 0 radical (unpaired) electrons. The van der Waals surface area contributed by atoms with Crippen LogP contribution >= 0.6 is 11.6 Å². The van der Waals surface area contributed by atoms with Crippen LogP contribution in [-0.2, 0) is 16.0 Å². The molecule has 2 aliphatic rings. The summed E-state index contributed by atoms with van der Waals surface area (Å²) in [4.78, 5) is 22.5. The number of aliphatic carboxylic acids is 1. The SMILES string of the molecule is O=C1Cc2cc(NC3CCCC(C(=O)O)C3)c(Cl)cc2N1. The summed E-state index contributed by atoms with van der Waals surface area (Å²) in [5.41, 5.74) is 2.48. The Kier molecular flexibility index (Phi) is 3.76. The monoisotopic (exact) mass is 308 g/mol. The van der Waals surface area contributed by atoms with Crippen molar-refractivity contribution in [3.05, 3.63) is 22.7 Å². The summed E-state index contributed by atoms with van der Waals surface area (Å²) < 4.78 is 0. The average molecular weight is 309 g/mol. The van der Waals surface area contributed by atoms with E-state index in [0.717, 1.165) is 36.2 Å². The van der Waals surface area contributed by atoms with Crippen molar-refractivity contribution in [2.75, 3.05) is 10.6 Å². The summed E-state index contributed by atoms with van der Waals surface area (Å²) in [6.07, 6.45) is 3.55. The first-order valence-corrected chi connectivity index (χ1v) is 7.52. The highest BCUT2D eigenvalue weighted by molar-refractivity contribution is 6.33. The lowest BCUT2D eigenvalue weighted by Gasteiger charge is -2.28. The molecule has 2 atom stereocenters. The summed E-state index contributed by atoms with van der Waals surface area (Å²) >= 11 is 6.24. The second-order valence-corrected chi connectivity index (χ2v) is 6.16. The number of rotatable bonds is 3. The molecule has 6 heteroatoms. The van der Waals surface area contributed by atoms with Crippen LogP contribution in [0.2, 0.25) is 5.02 Å². The molecule has 0 aromatic heterocycles. The van der Waals surface area contributed by atoms with Gasteiger partial charge in [-0.2, -0.15) is 0 Å². The summed E-state index contributed by atoms with van der Waals surface area (Å²) in [7, 11) is 0. The summed E-state index contributed by atoms with van der Waals surface area (Å²) in [6, 6.07) is 3.75. The quantitative estimate of drug-likeness (QED) is 0.802. The van der Waals surface area contributed by atoms with Gasteiger partial charge in [0.25, 0.3) is 0 Å². The third-order valence-corrected chi connectivity index (χ3v) is 4.51. The molecule has 2 unspecified atom stereocenters. The van der Waals surface area contributed by atoms with Gasteiger partial charge in [0.2, 0.25) is 5.91 Å². The van der Waals surface area contributed by atoms with Gasteiger partial charge in [-0.05, 0) is 37.0 Å². The van der Waals surface area contributed by atoms with Gasteiger partial charge < -0.3 is 15.7 Å². The fourth-order valence-corrected chi connectivity index (χ4v) is 3.34. The summed E-state index contributed by atoms with van der Waals surface area (Å²) in [6.45, 7) is 0. The maximum absolute atomic E-state index is 11.4. The van der Waals surface area contributed by atoms with Crippen molar-refractivity contribution >= 4 is 34.9 Å². The van der Waals surface area contributed by atoms with E-state index >= 15 is 0 Å². The summed E-state index contributed by atoms with van der Waals surface area (Å²) in [5, 5.41) is 15.8. The summed E-state index contributed by atoms with van der Waals surface area (Å²) in [5.74, 6) is -1.04. The van der Waals surface area contributed by atoms with Gasteiger partial charge in [0.05, 0.1) is 23.0 Å². The molecule has 1 heterocycles. The Morgan fingerprint density at radius 3 is 2.95 bits per heavy atom. The molecule has 3 N–H and O–H groups in total. The molecule has 3 rings (SSSR count). The van der Waals surface area contributed by atoms with Gasteiger partial charge in [0, 0.05) is 11.7 Å². The number of anilines is 2. The topological polar surface area (TPSA) is 78.4 Å². The van der Waals surface area contributed by atoms with Crippen molar-refractivity contribution in [2.45, 2.75) is 38.1 Å². The van der Waals surface area contributed by atoms with Crippen molar-refractivity contribution in [2.24, 2.45) is 5.92 Å². The van der Waals surface area contributed by atoms with E-state index in [4.69, 9.17) is 16.7 Å². The lowest BCUT2D eigenvalue weighted by molar-refractivity contribution is -0.142. The van der Waals surface area contributed by atoms with E-state index in [0.29, 0.717) is 17.9 Å². The van der Waals surface area contributed by atoms with Crippen molar-refractivity contribution < 1.29 is 14.7 Å². The lowest BCUT2D eigenvalue weighted by Crippen LogP contribution is -2.31. The molecule has 0 bridgehead atoms. The molecule has 112 valence electrons. The molecule has 1 aromatic rings. The van der Waals surface area contributed by atoms with Gasteiger partial charge >= 0.3 is 5.97 Å².